The third kappa shape index (κ3) is 23.4. The number of rotatable bonds is 2. The second-order valence-corrected chi connectivity index (χ2v) is 19.0. The molecule has 0 saturated carbocycles. The summed E-state index contributed by atoms with van der Waals surface area (Å²) in [7, 11) is -4.20. The SMILES string of the molecule is C1=CCCC=CCC1.C[PH+](C[PH+](C(C)(C)C)C(C)(C)C)C(C)(C)C.FB(F)F.[F-].[Rh]. The van der Waals surface area contributed by atoms with Crippen LogP contribution in [0, 0.1) is 0 Å². The third-order valence-corrected chi connectivity index (χ3v) is 14.6. The molecular formula is C22H46BF4P2Rh+. The van der Waals surface area contributed by atoms with Crippen molar-refractivity contribution in [2.75, 3.05) is 12.6 Å². The summed E-state index contributed by atoms with van der Waals surface area (Å²) < 4.78 is 29.0. The van der Waals surface area contributed by atoms with Crippen LogP contribution in [0.5, 0.6) is 0 Å². The van der Waals surface area contributed by atoms with Crippen LogP contribution in [-0.4, -0.2) is 35.6 Å². The summed E-state index contributed by atoms with van der Waals surface area (Å²) in [4.78, 5) is 0. The predicted molar refractivity (Wildman–Crippen MR) is 133 cm³/mol. The minimum Gasteiger partial charge on any atom is -1.00 e. The smallest absolute Gasteiger partial charge is 0.762 e. The van der Waals surface area contributed by atoms with Gasteiger partial charge in [-0.05, 0) is 88.0 Å². The molecule has 0 aromatic carbocycles. The van der Waals surface area contributed by atoms with Gasteiger partial charge in [-0.25, -0.2) is 0 Å². The topological polar surface area (TPSA) is 0 Å². The molecule has 0 aromatic rings. The Hall–Kier alpha value is 0.748. The molecule has 1 atom stereocenters. The molecule has 0 aliphatic heterocycles. The van der Waals surface area contributed by atoms with Gasteiger partial charge >= 0.3 is 7.54 Å². The monoisotopic (exact) mass is 562 g/mol. The molecule has 30 heavy (non-hydrogen) atoms. The Kier molecular flexibility index (Phi) is 23.1. The summed E-state index contributed by atoms with van der Waals surface area (Å²) in [6.07, 6.45) is 14.0. The van der Waals surface area contributed by atoms with E-state index in [9.17, 15) is 12.9 Å². The molecule has 0 fully saturated rings. The van der Waals surface area contributed by atoms with E-state index in [2.05, 4.69) is 93.3 Å². The third-order valence-electron chi connectivity index (χ3n) is 4.87. The van der Waals surface area contributed by atoms with Gasteiger partial charge in [-0.2, -0.15) is 0 Å². The van der Waals surface area contributed by atoms with Crippen LogP contribution in [0.25, 0.3) is 0 Å². The van der Waals surface area contributed by atoms with Gasteiger partial charge in [-0.15, -0.1) is 0 Å². The molecule has 1 aliphatic carbocycles. The van der Waals surface area contributed by atoms with Crippen LogP contribution >= 0.6 is 15.8 Å². The first-order valence-electron chi connectivity index (χ1n) is 10.4. The first-order chi connectivity index (χ1) is 12.5. The Labute approximate surface area is 200 Å². The Balaban J connectivity index is -0.000000202. The summed E-state index contributed by atoms with van der Waals surface area (Å²) in [5.74, 6) is 1.53. The second-order valence-electron chi connectivity index (χ2n) is 10.5. The van der Waals surface area contributed by atoms with Gasteiger partial charge in [0, 0.05) is 35.3 Å². The molecule has 0 bridgehead atoms. The van der Waals surface area contributed by atoms with E-state index in [1.54, 1.807) is 0 Å². The van der Waals surface area contributed by atoms with Crippen LogP contribution in [-0.2, 0) is 19.5 Å². The van der Waals surface area contributed by atoms with Crippen LogP contribution in [0.15, 0.2) is 24.3 Å². The minimum atomic E-state index is -3.67. The molecule has 0 nitrogen and oxygen atoms in total. The fraction of sp³-hybridized carbons (Fsp3) is 0.818. The maximum absolute atomic E-state index is 9.67. The maximum atomic E-state index is 9.67. The zero-order valence-corrected chi connectivity index (χ0v) is 24.4. The molecule has 0 aromatic heterocycles. The fourth-order valence-corrected chi connectivity index (χ4v) is 13.8. The number of allylic oxidation sites excluding steroid dienone is 4. The summed E-state index contributed by atoms with van der Waals surface area (Å²) in [5.41, 5.74) is 0. The van der Waals surface area contributed by atoms with Crippen molar-refractivity contribution in [3.05, 3.63) is 24.3 Å². The zero-order chi connectivity index (χ0) is 22.6. The van der Waals surface area contributed by atoms with E-state index in [1.807, 2.05) is 0 Å². The van der Waals surface area contributed by atoms with Crippen LogP contribution < -0.4 is 4.70 Å². The van der Waals surface area contributed by atoms with E-state index in [-0.39, 0.29) is 40.0 Å². The largest absolute Gasteiger partial charge is 1.00 e. The molecule has 183 valence electrons. The van der Waals surface area contributed by atoms with Crippen molar-refractivity contribution in [2.45, 2.75) is 103 Å². The van der Waals surface area contributed by atoms with E-state index in [0.717, 1.165) is 0 Å². The van der Waals surface area contributed by atoms with Gasteiger partial charge in [0.15, 0.2) is 5.90 Å². The first-order valence-corrected chi connectivity index (χ1v) is 14.3. The number of hydrogen-bond donors (Lipinski definition) is 0. The molecule has 1 rings (SSSR count). The van der Waals surface area contributed by atoms with E-state index >= 15 is 0 Å². The first kappa shape index (κ1) is 38.0. The normalized spacial score (nSPS) is 15.1. The van der Waals surface area contributed by atoms with Crippen molar-refractivity contribution in [3.63, 3.8) is 0 Å². The minimum absolute atomic E-state index is 0. The van der Waals surface area contributed by atoms with E-state index in [0.29, 0.717) is 15.5 Å². The molecule has 0 N–H and O–H groups in total. The van der Waals surface area contributed by atoms with Gasteiger partial charge in [-0.3, -0.25) is 12.9 Å². The maximum Gasteiger partial charge on any atom is 0.762 e. The second kappa shape index (κ2) is 18.2. The molecule has 0 saturated heterocycles. The van der Waals surface area contributed by atoms with Crippen molar-refractivity contribution in [1.29, 1.82) is 0 Å². The van der Waals surface area contributed by atoms with Gasteiger partial charge in [0.1, 0.15) is 0 Å². The molecule has 0 spiro atoms. The summed E-state index contributed by atoms with van der Waals surface area (Å²) in [5, 5.41) is 1.61. The standard InChI is InChI=1S/C14H32P2.C8H12.BF3.FH.Rh/c1-12(2,3)15(10)11-16(13(4,5)6)14(7,8)9;1-2-4-6-8-7-5-3-1;2-1(3)4;;/h11H2,1-10H3;1-2,7-8H,3-6H2;;1H;/p+1. The van der Waals surface area contributed by atoms with Gasteiger partial charge < -0.3 is 4.70 Å². The average Bonchev–Trinajstić information content (AvgIpc) is 2.40. The number of hydrogen-bond acceptors (Lipinski definition) is 0. The van der Waals surface area contributed by atoms with Crippen LogP contribution in [0.2, 0.25) is 0 Å². The van der Waals surface area contributed by atoms with Gasteiger partial charge in [0.05, 0.1) is 22.1 Å². The van der Waals surface area contributed by atoms with Crippen molar-refractivity contribution in [3.8, 4) is 0 Å². The van der Waals surface area contributed by atoms with E-state index in [1.165, 1.54) is 31.6 Å². The molecule has 1 unspecified atom stereocenters. The van der Waals surface area contributed by atoms with Gasteiger partial charge in [0.25, 0.3) is 0 Å². The van der Waals surface area contributed by atoms with Crippen LogP contribution in [0.4, 0.5) is 12.9 Å². The molecular weight excluding hydrogens is 516 g/mol. The molecule has 0 heterocycles. The molecule has 0 amide bonds. The molecule has 1 radical (unpaired) electrons. The van der Waals surface area contributed by atoms with Crippen molar-refractivity contribution in [1.82, 2.24) is 0 Å². The van der Waals surface area contributed by atoms with E-state index < -0.39 is 7.54 Å². The quantitative estimate of drug-likeness (QED) is 0.169. The van der Waals surface area contributed by atoms with Crippen molar-refractivity contribution in [2.24, 2.45) is 0 Å². The van der Waals surface area contributed by atoms with Crippen molar-refractivity contribution < 1.29 is 37.1 Å². The Bertz CT molecular complexity index is 411. The Morgan fingerprint density at radius 1 is 0.667 bits per heavy atom. The predicted octanol–water partition coefficient (Wildman–Crippen LogP) is 5.95. The molecule has 8 heteroatoms. The van der Waals surface area contributed by atoms with E-state index in [4.69, 9.17) is 0 Å². The average molecular weight is 562 g/mol. The Morgan fingerprint density at radius 3 is 1.07 bits per heavy atom. The van der Waals surface area contributed by atoms with Gasteiger partial charge in [0.2, 0.25) is 0 Å². The van der Waals surface area contributed by atoms with Crippen LogP contribution in [0.3, 0.4) is 0 Å². The zero-order valence-electron chi connectivity index (χ0n) is 20.8. The summed E-state index contributed by atoms with van der Waals surface area (Å²) in [6, 6.07) is 0. The Morgan fingerprint density at radius 2 is 0.900 bits per heavy atom. The van der Waals surface area contributed by atoms with Gasteiger partial charge in [-0.1, -0.05) is 24.3 Å². The summed E-state index contributed by atoms with van der Waals surface area (Å²) in [6.45, 7) is 24.5. The number of halogens is 4. The summed E-state index contributed by atoms with van der Waals surface area (Å²) >= 11 is 0. The van der Waals surface area contributed by atoms with Crippen molar-refractivity contribution >= 4 is 23.4 Å². The van der Waals surface area contributed by atoms with Crippen LogP contribution in [0.1, 0.15) is 88.0 Å². The molecule has 1 aliphatic rings. The fourth-order valence-electron chi connectivity index (χ4n) is 3.04.